The highest BCUT2D eigenvalue weighted by Crippen LogP contribution is 2.26. The van der Waals surface area contributed by atoms with Crippen LogP contribution in [0, 0.1) is 6.92 Å². The van der Waals surface area contributed by atoms with Gasteiger partial charge in [-0.2, -0.15) is 0 Å². The molecule has 2 rings (SSSR count). The normalized spacial score (nSPS) is 11.5. The van der Waals surface area contributed by atoms with Crippen LogP contribution in [0.4, 0.5) is 13.2 Å². The third-order valence-corrected chi connectivity index (χ3v) is 2.00. The molecule has 0 N–H and O–H groups in total. The van der Waals surface area contributed by atoms with Gasteiger partial charge in [-0.1, -0.05) is 5.16 Å². The van der Waals surface area contributed by atoms with Gasteiger partial charge < -0.3 is 9.26 Å². The van der Waals surface area contributed by atoms with E-state index in [1.54, 1.807) is 13.0 Å². The van der Waals surface area contributed by atoms with E-state index in [0.717, 1.165) is 0 Å². The van der Waals surface area contributed by atoms with Gasteiger partial charge in [0.25, 0.3) is 0 Å². The lowest BCUT2D eigenvalue weighted by atomic mass is 10.1. The Morgan fingerprint density at radius 2 is 1.82 bits per heavy atom. The molecule has 1 aromatic heterocycles. The summed E-state index contributed by atoms with van der Waals surface area (Å²) in [4.78, 5) is 0. The van der Waals surface area contributed by atoms with Crippen molar-refractivity contribution in [3.8, 4) is 17.1 Å². The first kappa shape index (κ1) is 11.5. The summed E-state index contributed by atoms with van der Waals surface area (Å²) < 4.78 is 44.5. The van der Waals surface area contributed by atoms with Crippen LogP contribution < -0.4 is 4.74 Å². The fourth-order valence-electron chi connectivity index (χ4n) is 1.32. The van der Waals surface area contributed by atoms with Gasteiger partial charge in [0.2, 0.25) is 0 Å². The summed E-state index contributed by atoms with van der Waals surface area (Å²) in [7, 11) is 0. The number of alkyl halides is 3. The van der Waals surface area contributed by atoms with Crippen molar-refractivity contribution in [3.05, 3.63) is 36.0 Å². The predicted molar refractivity (Wildman–Crippen MR) is 53.4 cm³/mol. The molecule has 0 spiro atoms. The third kappa shape index (κ3) is 2.99. The molecule has 3 nitrogen and oxygen atoms in total. The Balaban J connectivity index is 2.19. The van der Waals surface area contributed by atoms with Gasteiger partial charge in [0.05, 0.1) is 5.69 Å². The third-order valence-electron chi connectivity index (χ3n) is 2.00. The SMILES string of the molecule is Cc1cc(-c2ccc(OC(F)(F)F)cc2)on1. The van der Waals surface area contributed by atoms with E-state index >= 15 is 0 Å². The first-order valence-corrected chi connectivity index (χ1v) is 4.73. The smallest absolute Gasteiger partial charge is 0.406 e. The van der Waals surface area contributed by atoms with E-state index in [2.05, 4.69) is 9.89 Å². The van der Waals surface area contributed by atoms with Crippen LogP contribution in [-0.4, -0.2) is 11.5 Å². The van der Waals surface area contributed by atoms with Crippen molar-refractivity contribution in [3.63, 3.8) is 0 Å². The number of hydrogen-bond acceptors (Lipinski definition) is 3. The van der Waals surface area contributed by atoms with Crippen molar-refractivity contribution >= 4 is 0 Å². The molecule has 0 saturated carbocycles. The predicted octanol–water partition coefficient (Wildman–Crippen LogP) is 3.55. The Hall–Kier alpha value is -1.98. The molecule has 0 saturated heterocycles. The van der Waals surface area contributed by atoms with Gasteiger partial charge in [0.1, 0.15) is 5.75 Å². The highest BCUT2D eigenvalue weighted by Gasteiger charge is 2.30. The number of benzene rings is 1. The average Bonchev–Trinajstić information content (AvgIpc) is 2.63. The number of ether oxygens (including phenoxy) is 1. The summed E-state index contributed by atoms with van der Waals surface area (Å²) in [5, 5.41) is 3.69. The number of halogens is 3. The fourth-order valence-corrected chi connectivity index (χ4v) is 1.32. The fraction of sp³-hybridized carbons (Fsp3) is 0.182. The lowest BCUT2D eigenvalue weighted by Gasteiger charge is -2.08. The second kappa shape index (κ2) is 4.12. The van der Waals surface area contributed by atoms with Gasteiger partial charge in [-0.3, -0.25) is 0 Å². The molecule has 0 bridgehead atoms. The molecular weight excluding hydrogens is 235 g/mol. The molecule has 0 aliphatic carbocycles. The molecule has 0 atom stereocenters. The van der Waals surface area contributed by atoms with Crippen LogP contribution in [0.2, 0.25) is 0 Å². The van der Waals surface area contributed by atoms with Crippen LogP contribution in [0.15, 0.2) is 34.9 Å². The van der Waals surface area contributed by atoms with Gasteiger partial charge in [-0.05, 0) is 31.2 Å². The lowest BCUT2D eigenvalue weighted by Crippen LogP contribution is -2.16. The maximum absolute atomic E-state index is 11.9. The summed E-state index contributed by atoms with van der Waals surface area (Å²) in [6.07, 6.45) is -4.68. The van der Waals surface area contributed by atoms with Crippen LogP contribution >= 0.6 is 0 Å². The van der Waals surface area contributed by atoms with Crippen LogP contribution in [0.1, 0.15) is 5.69 Å². The number of nitrogens with zero attached hydrogens (tertiary/aromatic N) is 1. The summed E-state index contributed by atoms with van der Waals surface area (Å²) >= 11 is 0. The van der Waals surface area contributed by atoms with E-state index in [-0.39, 0.29) is 5.75 Å². The first-order chi connectivity index (χ1) is 7.94. The number of aryl methyl sites for hydroxylation is 1. The average molecular weight is 243 g/mol. The molecule has 0 fully saturated rings. The Bertz CT molecular complexity index is 502. The van der Waals surface area contributed by atoms with Crippen LogP contribution in [0.3, 0.4) is 0 Å². The molecule has 0 radical (unpaired) electrons. The maximum atomic E-state index is 11.9. The topological polar surface area (TPSA) is 35.3 Å². The largest absolute Gasteiger partial charge is 0.573 e. The Morgan fingerprint density at radius 3 is 2.29 bits per heavy atom. The minimum absolute atomic E-state index is 0.266. The summed E-state index contributed by atoms with van der Waals surface area (Å²) in [6, 6.07) is 7.09. The summed E-state index contributed by atoms with van der Waals surface area (Å²) in [6.45, 7) is 1.76. The minimum Gasteiger partial charge on any atom is -0.406 e. The standard InChI is InChI=1S/C11H8F3NO2/c1-7-6-10(17-15-7)8-2-4-9(5-3-8)16-11(12,13)14/h2-6H,1H3. The van der Waals surface area contributed by atoms with E-state index in [4.69, 9.17) is 4.52 Å². The molecule has 0 amide bonds. The van der Waals surface area contributed by atoms with E-state index < -0.39 is 6.36 Å². The van der Waals surface area contributed by atoms with Crippen molar-refractivity contribution in [2.75, 3.05) is 0 Å². The zero-order valence-electron chi connectivity index (χ0n) is 8.78. The van der Waals surface area contributed by atoms with Gasteiger partial charge in [-0.25, -0.2) is 0 Å². The minimum atomic E-state index is -4.68. The molecular formula is C11H8F3NO2. The number of rotatable bonds is 2. The van der Waals surface area contributed by atoms with Crippen molar-refractivity contribution < 1.29 is 22.4 Å². The van der Waals surface area contributed by atoms with Gasteiger partial charge in [0, 0.05) is 11.6 Å². The molecule has 6 heteroatoms. The monoisotopic (exact) mass is 243 g/mol. The zero-order valence-corrected chi connectivity index (χ0v) is 8.78. The molecule has 90 valence electrons. The molecule has 0 aliphatic heterocycles. The second-order valence-corrected chi connectivity index (χ2v) is 3.40. The van der Waals surface area contributed by atoms with Gasteiger partial charge in [0.15, 0.2) is 5.76 Å². The van der Waals surface area contributed by atoms with Crippen molar-refractivity contribution in [2.45, 2.75) is 13.3 Å². The Kier molecular flexibility index (Phi) is 2.79. The number of aromatic nitrogens is 1. The van der Waals surface area contributed by atoms with Crippen molar-refractivity contribution in [1.29, 1.82) is 0 Å². The molecule has 2 aromatic rings. The highest BCUT2D eigenvalue weighted by atomic mass is 19.4. The Labute approximate surface area is 94.8 Å². The van der Waals surface area contributed by atoms with Crippen LogP contribution in [0.25, 0.3) is 11.3 Å². The second-order valence-electron chi connectivity index (χ2n) is 3.40. The van der Waals surface area contributed by atoms with Crippen molar-refractivity contribution in [1.82, 2.24) is 5.16 Å². The summed E-state index contributed by atoms with van der Waals surface area (Å²) in [5.41, 5.74) is 1.34. The van der Waals surface area contributed by atoms with Gasteiger partial charge >= 0.3 is 6.36 Å². The quantitative estimate of drug-likeness (QED) is 0.809. The molecule has 0 aliphatic rings. The van der Waals surface area contributed by atoms with E-state index in [9.17, 15) is 13.2 Å². The lowest BCUT2D eigenvalue weighted by molar-refractivity contribution is -0.274. The van der Waals surface area contributed by atoms with Crippen LogP contribution in [0.5, 0.6) is 5.75 Å². The molecule has 1 aromatic carbocycles. The van der Waals surface area contributed by atoms with Gasteiger partial charge in [-0.15, -0.1) is 13.2 Å². The van der Waals surface area contributed by atoms with Crippen molar-refractivity contribution in [2.24, 2.45) is 0 Å². The first-order valence-electron chi connectivity index (χ1n) is 4.73. The Morgan fingerprint density at radius 1 is 1.18 bits per heavy atom. The molecule has 0 unspecified atom stereocenters. The highest BCUT2D eigenvalue weighted by molar-refractivity contribution is 5.58. The van der Waals surface area contributed by atoms with E-state index in [0.29, 0.717) is 17.0 Å². The summed E-state index contributed by atoms with van der Waals surface area (Å²) in [5.74, 6) is 0.235. The molecule has 1 heterocycles. The van der Waals surface area contributed by atoms with E-state index in [1.807, 2.05) is 0 Å². The van der Waals surface area contributed by atoms with Crippen LogP contribution in [-0.2, 0) is 0 Å². The van der Waals surface area contributed by atoms with E-state index in [1.165, 1.54) is 24.3 Å². The molecule has 17 heavy (non-hydrogen) atoms. The maximum Gasteiger partial charge on any atom is 0.573 e. The zero-order chi connectivity index (χ0) is 12.5. The number of hydrogen-bond donors (Lipinski definition) is 0.